The number of carbonyl (C=O) groups is 1. The van der Waals surface area contributed by atoms with E-state index in [2.05, 4.69) is 25.3 Å². The number of rotatable bonds is 6. The fourth-order valence-electron chi connectivity index (χ4n) is 3.08. The lowest BCUT2D eigenvalue weighted by atomic mass is 10.1. The van der Waals surface area contributed by atoms with Gasteiger partial charge in [-0.05, 0) is 19.1 Å². The van der Waals surface area contributed by atoms with Crippen LogP contribution in [0.3, 0.4) is 0 Å². The second kappa shape index (κ2) is 8.54. The van der Waals surface area contributed by atoms with Crippen LogP contribution in [0.25, 0.3) is 0 Å². The molecule has 1 fully saturated rings. The van der Waals surface area contributed by atoms with Crippen LogP contribution in [0.2, 0.25) is 0 Å². The Morgan fingerprint density at radius 2 is 1.90 bits per heavy atom. The van der Waals surface area contributed by atoms with E-state index in [-0.39, 0.29) is 17.5 Å². The van der Waals surface area contributed by atoms with Crippen molar-refractivity contribution in [2.45, 2.75) is 19.5 Å². The maximum absolute atomic E-state index is 13.6. The third kappa shape index (κ3) is 4.71. The van der Waals surface area contributed by atoms with E-state index < -0.39 is 23.7 Å². The molecule has 4 rings (SSSR count). The fourth-order valence-corrected chi connectivity index (χ4v) is 3.08. The van der Waals surface area contributed by atoms with E-state index >= 15 is 0 Å². The molecule has 1 N–H and O–H groups in total. The summed E-state index contributed by atoms with van der Waals surface area (Å²) in [5.41, 5.74) is 0.349. The molecule has 1 amide bonds. The molecule has 1 saturated heterocycles. The fraction of sp³-hybridized carbons (Fsp3) is 0.250. The Labute approximate surface area is 175 Å². The Morgan fingerprint density at radius 3 is 2.65 bits per heavy atom. The number of ether oxygens (including phenoxy) is 1. The van der Waals surface area contributed by atoms with Crippen molar-refractivity contribution < 1.29 is 22.7 Å². The molecule has 0 atom stereocenters. The van der Waals surface area contributed by atoms with Gasteiger partial charge in [0.2, 0.25) is 0 Å². The number of carbonyl (C=O) groups excluding carboxylic acids is 1. The molecule has 11 heteroatoms. The van der Waals surface area contributed by atoms with Gasteiger partial charge in [-0.3, -0.25) is 4.79 Å². The summed E-state index contributed by atoms with van der Waals surface area (Å²) in [4.78, 5) is 30.7. The predicted molar refractivity (Wildman–Crippen MR) is 105 cm³/mol. The van der Waals surface area contributed by atoms with Gasteiger partial charge in [0.1, 0.15) is 29.8 Å². The largest absolute Gasteiger partial charge is 0.487 e. The van der Waals surface area contributed by atoms with Crippen LogP contribution in [-0.2, 0) is 0 Å². The highest BCUT2D eigenvalue weighted by Gasteiger charge is 2.33. The molecule has 0 bridgehead atoms. The lowest BCUT2D eigenvalue weighted by molar-refractivity contribution is 0.102. The van der Waals surface area contributed by atoms with Gasteiger partial charge in [-0.15, -0.1) is 0 Å². The first-order valence-corrected chi connectivity index (χ1v) is 9.30. The van der Waals surface area contributed by atoms with Crippen molar-refractivity contribution in [3.05, 3.63) is 65.8 Å². The number of anilines is 2. The highest BCUT2D eigenvalue weighted by atomic mass is 19.3. The van der Waals surface area contributed by atoms with Crippen molar-refractivity contribution >= 4 is 17.5 Å². The standard InChI is InChI=1S/C20H17F3N6O2/c1-11-4-16(27-10-26-11)28-20(30)17-19(25-3-2-24-17)29-8-15(9-29)31-14-6-12(18(22)23)5-13(21)7-14/h2-7,10,15,18H,8-9H2,1H3,(H,26,27,28,30). The number of alkyl halides is 2. The molecule has 0 unspecified atom stereocenters. The predicted octanol–water partition coefficient (Wildman–Crippen LogP) is 3.17. The summed E-state index contributed by atoms with van der Waals surface area (Å²) in [5.74, 6) is -0.580. The third-order valence-corrected chi connectivity index (χ3v) is 4.54. The van der Waals surface area contributed by atoms with Gasteiger partial charge in [0.15, 0.2) is 11.5 Å². The SMILES string of the molecule is Cc1cc(NC(=O)c2nccnc2N2CC(Oc3cc(F)cc(C(F)F)c3)C2)ncn1. The van der Waals surface area contributed by atoms with Crippen LogP contribution in [0.4, 0.5) is 24.8 Å². The molecule has 0 saturated carbocycles. The van der Waals surface area contributed by atoms with Crippen molar-refractivity contribution in [2.75, 3.05) is 23.3 Å². The molecular formula is C20H17F3N6O2. The van der Waals surface area contributed by atoms with E-state index in [1.165, 1.54) is 18.7 Å². The molecule has 0 spiro atoms. The van der Waals surface area contributed by atoms with Gasteiger partial charge in [0.25, 0.3) is 12.3 Å². The maximum atomic E-state index is 13.6. The van der Waals surface area contributed by atoms with E-state index in [1.54, 1.807) is 17.9 Å². The van der Waals surface area contributed by atoms with E-state index in [0.717, 1.165) is 18.2 Å². The molecule has 0 radical (unpaired) electrons. The summed E-state index contributed by atoms with van der Waals surface area (Å²) >= 11 is 0. The zero-order valence-electron chi connectivity index (χ0n) is 16.3. The molecular weight excluding hydrogens is 413 g/mol. The van der Waals surface area contributed by atoms with E-state index in [1.807, 2.05) is 0 Å². The minimum atomic E-state index is -2.80. The van der Waals surface area contributed by atoms with Crippen molar-refractivity contribution in [3.63, 3.8) is 0 Å². The van der Waals surface area contributed by atoms with Crippen LogP contribution >= 0.6 is 0 Å². The van der Waals surface area contributed by atoms with Gasteiger partial charge in [-0.25, -0.2) is 33.1 Å². The summed E-state index contributed by atoms with van der Waals surface area (Å²) in [6, 6.07) is 4.56. The summed E-state index contributed by atoms with van der Waals surface area (Å²) in [5, 5.41) is 2.65. The van der Waals surface area contributed by atoms with Crippen molar-refractivity contribution in [1.29, 1.82) is 0 Å². The van der Waals surface area contributed by atoms with Crippen LogP contribution in [0.5, 0.6) is 5.75 Å². The molecule has 1 aromatic carbocycles. The van der Waals surface area contributed by atoms with Crippen molar-refractivity contribution in [1.82, 2.24) is 19.9 Å². The number of amides is 1. The zero-order valence-corrected chi connectivity index (χ0v) is 16.3. The van der Waals surface area contributed by atoms with Crippen LogP contribution in [0, 0.1) is 12.7 Å². The molecule has 1 aliphatic rings. The zero-order chi connectivity index (χ0) is 22.0. The molecule has 31 heavy (non-hydrogen) atoms. The van der Waals surface area contributed by atoms with E-state index in [9.17, 15) is 18.0 Å². The highest BCUT2D eigenvalue weighted by Crippen LogP contribution is 2.28. The Hall–Kier alpha value is -3.76. The first kappa shape index (κ1) is 20.5. The second-order valence-corrected chi connectivity index (χ2v) is 6.89. The number of nitrogens with one attached hydrogen (secondary N) is 1. The minimum absolute atomic E-state index is 0.0243. The average molecular weight is 430 g/mol. The number of halogens is 3. The Bertz CT molecular complexity index is 1110. The van der Waals surface area contributed by atoms with Gasteiger partial charge in [0, 0.05) is 35.8 Å². The first-order chi connectivity index (χ1) is 14.9. The Balaban J connectivity index is 1.43. The highest BCUT2D eigenvalue weighted by molar-refractivity contribution is 6.05. The summed E-state index contributed by atoms with van der Waals surface area (Å²) in [6.45, 7) is 2.42. The monoisotopic (exact) mass is 430 g/mol. The average Bonchev–Trinajstić information content (AvgIpc) is 2.70. The van der Waals surface area contributed by atoms with E-state index in [4.69, 9.17) is 4.74 Å². The third-order valence-electron chi connectivity index (χ3n) is 4.54. The number of hydrogen-bond acceptors (Lipinski definition) is 7. The lowest BCUT2D eigenvalue weighted by Crippen LogP contribution is -2.54. The lowest BCUT2D eigenvalue weighted by Gasteiger charge is -2.40. The van der Waals surface area contributed by atoms with Crippen molar-refractivity contribution in [2.24, 2.45) is 0 Å². The smallest absolute Gasteiger partial charge is 0.279 e. The molecule has 160 valence electrons. The molecule has 2 aromatic heterocycles. The quantitative estimate of drug-likeness (QED) is 0.642. The Morgan fingerprint density at radius 1 is 1.13 bits per heavy atom. The summed E-state index contributed by atoms with van der Waals surface area (Å²) in [7, 11) is 0. The Kier molecular flexibility index (Phi) is 5.65. The molecule has 8 nitrogen and oxygen atoms in total. The minimum Gasteiger partial charge on any atom is -0.487 e. The maximum Gasteiger partial charge on any atom is 0.279 e. The van der Waals surface area contributed by atoms with Crippen LogP contribution in [0.1, 0.15) is 28.2 Å². The molecule has 3 aromatic rings. The second-order valence-electron chi connectivity index (χ2n) is 6.89. The van der Waals surface area contributed by atoms with Gasteiger partial charge in [0.05, 0.1) is 13.1 Å². The number of aryl methyl sites for hydroxylation is 1. The van der Waals surface area contributed by atoms with E-state index in [0.29, 0.717) is 30.4 Å². The number of nitrogens with zero attached hydrogens (tertiary/aromatic N) is 5. The number of aromatic nitrogens is 4. The summed E-state index contributed by atoms with van der Waals surface area (Å²) in [6.07, 6.45) is 1.02. The van der Waals surface area contributed by atoms with Crippen LogP contribution < -0.4 is 15.0 Å². The van der Waals surface area contributed by atoms with Crippen LogP contribution in [0.15, 0.2) is 43.0 Å². The topological polar surface area (TPSA) is 93.1 Å². The first-order valence-electron chi connectivity index (χ1n) is 9.30. The molecule has 3 heterocycles. The number of benzene rings is 1. The molecule has 0 aliphatic carbocycles. The van der Waals surface area contributed by atoms with Gasteiger partial charge < -0.3 is 15.0 Å². The van der Waals surface area contributed by atoms with Gasteiger partial charge >= 0.3 is 0 Å². The molecule has 1 aliphatic heterocycles. The van der Waals surface area contributed by atoms with Gasteiger partial charge in [-0.1, -0.05) is 0 Å². The summed E-state index contributed by atoms with van der Waals surface area (Å²) < 4.78 is 44.9. The van der Waals surface area contributed by atoms with Crippen molar-refractivity contribution in [3.8, 4) is 5.75 Å². The number of hydrogen-bond donors (Lipinski definition) is 1. The normalized spacial score (nSPS) is 13.8. The van der Waals surface area contributed by atoms with Gasteiger partial charge in [-0.2, -0.15) is 0 Å². The van der Waals surface area contributed by atoms with Crippen LogP contribution in [-0.4, -0.2) is 45.0 Å².